The van der Waals surface area contributed by atoms with E-state index >= 15 is 0 Å². The number of nitrogens with zero attached hydrogens (tertiary/aromatic N) is 3. The van der Waals surface area contributed by atoms with Crippen LogP contribution < -0.4 is 10.2 Å². The Morgan fingerprint density at radius 1 is 1.15 bits per heavy atom. The number of anilines is 2. The monoisotopic (exact) mass is 376 g/mol. The standard InChI is InChI=1S/C21H17ClN4O/c1-13-18(11-16(12-23)25(13)2)20-24-19-6-4-3-5-17(19)21(27)26(20)15-9-7-14(22)8-10-15/h3-11,20,24H,1-2H3/t20-/m0/s1. The minimum absolute atomic E-state index is 0.0987. The molecule has 0 aliphatic carbocycles. The number of rotatable bonds is 2. The Morgan fingerprint density at radius 2 is 1.85 bits per heavy atom. The largest absolute Gasteiger partial charge is 0.360 e. The van der Waals surface area contributed by atoms with Crippen LogP contribution in [-0.2, 0) is 7.05 Å². The van der Waals surface area contributed by atoms with Gasteiger partial charge in [0.2, 0.25) is 0 Å². The van der Waals surface area contributed by atoms with Crippen LogP contribution in [0.15, 0.2) is 54.6 Å². The molecule has 2 heterocycles. The van der Waals surface area contributed by atoms with Gasteiger partial charge in [-0.2, -0.15) is 5.26 Å². The van der Waals surface area contributed by atoms with Crippen molar-refractivity contribution in [2.45, 2.75) is 13.1 Å². The number of carbonyl (C=O) groups excluding carboxylic acids is 1. The smallest absolute Gasteiger partial charge is 0.262 e. The molecule has 0 unspecified atom stereocenters. The summed E-state index contributed by atoms with van der Waals surface area (Å²) in [5.41, 5.74) is 4.48. The molecule has 1 amide bonds. The van der Waals surface area contributed by atoms with Gasteiger partial charge >= 0.3 is 0 Å². The summed E-state index contributed by atoms with van der Waals surface area (Å²) < 4.78 is 1.84. The number of halogens is 1. The molecule has 1 aliphatic heterocycles. The summed E-state index contributed by atoms with van der Waals surface area (Å²) in [5.74, 6) is -0.0987. The normalized spacial score (nSPS) is 15.9. The average molecular weight is 377 g/mol. The maximum Gasteiger partial charge on any atom is 0.262 e. The summed E-state index contributed by atoms with van der Waals surface area (Å²) in [7, 11) is 1.85. The lowest BCUT2D eigenvalue weighted by Crippen LogP contribution is -2.43. The minimum atomic E-state index is -0.429. The van der Waals surface area contributed by atoms with Gasteiger partial charge in [0.1, 0.15) is 17.9 Å². The Bertz CT molecular complexity index is 1080. The van der Waals surface area contributed by atoms with Gasteiger partial charge in [-0.3, -0.25) is 9.69 Å². The summed E-state index contributed by atoms with van der Waals surface area (Å²) in [6, 6.07) is 18.7. The summed E-state index contributed by atoms with van der Waals surface area (Å²) in [4.78, 5) is 15.1. The number of amides is 1. The van der Waals surface area contributed by atoms with Crippen molar-refractivity contribution in [2.24, 2.45) is 7.05 Å². The van der Waals surface area contributed by atoms with Crippen molar-refractivity contribution < 1.29 is 4.79 Å². The van der Waals surface area contributed by atoms with Crippen molar-refractivity contribution >= 4 is 28.9 Å². The zero-order valence-corrected chi connectivity index (χ0v) is 15.7. The first-order valence-electron chi connectivity index (χ1n) is 8.52. The van der Waals surface area contributed by atoms with Crippen LogP contribution >= 0.6 is 11.6 Å². The SMILES string of the molecule is Cc1c([C@H]2Nc3ccccc3C(=O)N2c2ccc(Cl)cc2)cc(C#N)n1C. The lowest BCUT2D eigenvalue weighted by atomic mass is 10.0. The third-order valence-electron chi connectivity index (χ3n) is 5.02. The molecule has 0 spiro atoms. The number of nitriles is 1. The molecular weight excluding hydrogens is 360 g/mol. The Kier molecular flexibility index (Phi) is 4.14. The molecule has 1 aliphatic rings. The van der Waals surface area contributed by atoms with Crippen molar-refractivity contribution in [3.8, 4) is 6.07 Å². The number of aromatic nitrogens is 1. The molecule has 1 atom stereocenters. The number of hydrogen-bond acceptors (Lipinski definition) is 3. The van der Waals surface area contributed by atoms with Gasteiger partial charge in [0, 0.05) is 34.7 Å². The fraction of sp³-hybridized carbons (Fsp3) is 0.143. The number of hydrogen-bond donors (Lipinski definition) is 1. The van der Waals surface area contributed by atoms with Gasteiger partial charge in [0.05, 0.1) is 5.56 Å². The van der Waals surface area contributed by atoms with E-state index in [9.17, 15) is 10.1 Å². The Balaban J connectivity index is 1.91. The molecule has 3 aromatic rings. The molecule has 0 fully saturated rings. The van der Waals surface area contributed by atoms with E-state index < -0.39 is 6.17 Å². The quantitative estimate of drug-likeness (QED) is 0.709. The first kappa shape index (κ1) is 17.2. The fourth-order valence-electron chi connectivity index (χ4n) is 3.45. The molecule has 1 N–H and O–H groups in total. The van der Waals surface area contributed by atoms with Crippen LogP contribution in [0.1, 0.15) is 33.5 Å². The minimum Gasteiger partial charge on any atom is -0.360 e. The molecule has 134 valence electrons. The number of benzene rings is 2. The molecule has 0 bridgehead atoms. The molecule has 5 nitrogen and oxygen atoms in total. The molecule has 4 rings (SSSR count). The molecule has 0 saturated carbocycles. The average Bonchev–Trinajstić information content (AvgIpc) is 2.97. The second-order valence-electron chi connectivity index (χ2n) is 6.49. The van der Waals surface area contributed by atoms with E-state index in [1.165, 1.54) is 0 Å². The molecule has 1 aromatic heterocycles. The lowest BCUT2D eigenvalue weighted by Gasteiger charge is -2.38. The van der Waals surface area contributed by atoms with Crippen LogP contribution in [0, 0.1) is 18.3 Å². The number of nitrogens with one attached hydrogen (secondary N) is 1. The topological polar surface area (TPSA) is 61.1 Å². The van der Waals surface area contributed by atoms with Gasteiger partial charge in [-0.15, -0.1) is 0 Å². The maximum absolute atomic E-state index is 13.3. The summed E-state index contributed by atoms with van der Waals surface area (Å²) in [6.07, 6.45) is -0.429. The highest BCUT2D eigenvalue weighted by atomic mass is 35.5. The van der Waals surface area contributed by atoms with Gasteiger partial charge in [-0.25, -0.2) is 0 Å². The van der Waals surface area contributed by atoms with Gasteiger partial charge in [0.15, 0.2) is 0 Å². The van der Waals surface area contributed by atoms with Crippen LogP contribution in [0.4, 0.5) is 11.4 Å². The van der Waals surface area contributed by atoms with Crippen LogP contribution in [0.5, 0.6) is 0 Å². The van der Waals surface area contributed by atoms with Gasteiger partial charge in [0.25, 0.3) is 5.91 Å². The highest BCUT2D eigenvalue weighted by Gasteiger charge is 2.35. The highest BCUT2D eigenvalue weighted by molar-refractivity contribution is 6.30. The number of fused-ring (bicyclic) bond motifs is 1. The van der Waals surface area contributed by atoms with Crippen LogP contribution in [-0.4, -0.2) is 10.5 Å². The first-order valence-corrected chi connectivity index (χ1v) is 8.90. The number of para-hydroxylation sites is 1. The second-order valence-corrected chi connectivity index (χ2v) is 6.92. The molecule has 0 radical (unpaired) electrons. The summed E-state index contributed by atoms with van der Waals surface area (Å²) in [5, 5.41) is 13.5. The van der Waals surface area contributed by atoms with E-state index in [0.717, 1.165) is 22.6 Å². The molecule has 2 aromatic carbocycles. The van der Waals surface area contributed by atoms with Crippen LogP contribution in [0.2, 0.25) is 5.02 Å². The third kappa shape index (κ3) is 2.75. The number of carbonyl (C=O) groups is 1. The second kappa shape index (κ2) is 6.49. The van der Waals surface area contributed by atoms with Crippen molar-refractivity contribution in [2.75, 3.05) is 10.2 Å². The summed E-state index contributed by atoms with van der Waals surface area (Å²) in [6.45, 7) is 1.95. The van der Waals surface area contributed by atoms with Crippen LogP contribution in [0.3, 0.4) is 0 Å². The fourth-order valence-corrected chi connectivity index (χ4v) is 3.57. The molecule has 0 saturated heterocycles. The van der Waals surface area contributed by atoms with E-state index in [0.29, 0.717) is 16.3 Å². The molecule has 6 heteroatoms. The Labute approximate surface area is 162 Å². The van der Waals surface area contributed by atoms with E-state index in [2.05, 4.69) is 11.4 Å². The van der Waals surface area contributed by atoms with Gasteiger partial charge in [-0.1, -0.05) is 23.7 Å². The molecule has 27 heavy (non-hydrogen) atoms. The van der Waals surface area contributed by atoms with Crippen molar-refractivity contribution in [1.29, 1.82) is 5.26 Å². The predicted octanol–water partition coefficient (Wildman–Crippen LogP) is 4.63. The van der Waals surface area contributed by atoms with E-state index in [4.69, 9.17) is 11.6 Å². The zero-order chi connectivity index (χ0) is 19.1. The van der Waals surface area contributed by atoms with Crippen molar-refractivity contribution in [3.05, 3.63) is 82.1 Å². The first-order chi connectivity index (χ1) is 13.0. The Morgan fingerprint density at radius 3 is 2.52 bits per heavy atom. The maximum atomic E-state index is 13.3. The molecular formula is C21H17ClN4O. The van der Waals surface area contributed by atoms with Crippen molar-refractivity contribution in [1.82, 2.24) is 4.57 Å². The van der Waals surface area contributed by atoms with Gasteiger partial charge < -0.3 is 9.88 Å². The van der Waals surface area contributed by atoms with E-state index in [-0.39, 0.29) is 5.91 Å². The summed E-state index contributed by atoms with van der Waals surface area (Å²) >= 11 is 6.03. The zero-order valence-electron chi connectivity index (χ0n) is 14.9. The lowest BCUT2D eigenvalue weighted by molar-refractivity contribution is 0.0975. The third-order valence-corrected chi connectivity index (χ3v) is 5.27. The van der Waals surface area contributed by atoms with Crippen LogP contribution in [0.25, 0.3) is 0 Å². The highest BCUT2D eigenvalue weighted by Crippen LogP contribution is 2.38. The van der Waals surface area contributed by atoms with Crippen molar-refractivity contribution in [3.63, 3.8) is 0 Å². The Hall–Kier alpha value is -3.23. The van der Waals surface area contributed by atoms with E-state index in [1.807, 2.05) is 61.0 Å². The van der Waals surface area contributed by atoms with E-state index in [1.54, 1.807) is 17.0 Å². The van der Waals surface area contributed by atoms with Gasteiger partial charge in [-0.05, 0) is 49.4 Å². The predicted molar refractivity (Wildman–Crippen MR) is 106 cm³/mol.